The Hall–Kier alpha value is -2.72. The lowest BCUT2D eigenvalue weighted by Gasteiger charge is -2.13. The molecule has 11 heteroatoms. The first-order chi connectivity index (χ1) is 15.2. The number of nitrogens with one attached hydrogen (secondary N) is 1. The molecule has 1 aromatic heterocycles. The lowest BCUT2D eigenvalue weighted by atomic mass is 10.1. The number of nitrogens with zero attached hydrogens (tertiary/aromatic N) is 3. The monoisotopic (exact) mass is 484 g/mol. The molecule has 0 aliphatic rings. The van der Waals surface area contributed by atoms with Gasteiger partial charge in [-0.2, -0.15) is 13.2 Å². The van der Waals surface area contributed by atoms with Crippen molar-refractivity contribution in [3.63, 3.8) is 0 Å². The number of amides is 1. The number of rotatable bonds is 8. The van der Waals surface area contributed by atoms with Crippen LogP contribution in [0.5, 0.6) is 5.75 Å². The van der Waals surface area contributed by atoms with Crippen molar-refractivity contribution >= 4 is 35.0 Å². The minimum absolute atomic E-state index is 0.124. The Balaban J connectivity index is 1.62. The lowest BCUT2D eigenvalue weighted by Crippen LogP contribution is -2.18. The maximum Gasteiger partial charge on any atom is 0.418 e. The second-order valence-corrected chi connectivity index (χ2v) is 8.10. The zero-order chi connectivity index (χ0) is 23.3. The summed E-state index contributed by atoms with van der Waals surface area (Å²) >= 11 is 7.04. The fourth-order valence-electron chi connectivity index (χ4n) is 2.92. The van der Waals surface area contributed by atoms with E-state index in [1.165, 1.54) is 18.2 Å². The Kier molecular flexibility index (Phi) is 7.68. The van der Waals surface area contributed by atoms with Crippen LogP contribution in [0.3, 0.4) is 0 Å². The van der Waals surface area contributed by atoms with Crippen LogP contribution in [0.2, 0.25) is 5.02 Å². The zero-order valence-electron chi connectivity index (χ0n) is 17.2. The van der Waals surface area contributed by atoms with Crippen LogP contribution in [0.15, 0.2) is 47.6 Å². The van der Waals surface area contributed by atoms with Gasteiger partial charge in [-0.1, -0.05) is 35.5 Å². The topological polar surface area (TPSA) is 69.0 Å². The second kappa shape index (κ2) is 10.3. The van der Waals surface area contributed by atoms with E-state index in [9.17, 15) is 18.0 Å². The third-order valence-corrected chi connectivity index (χ3v) is 5.64. The van der Waals surface area contributed by atoms with Gasteiger partial charge in [-0.25, -0.2) is 0 Å². The largest absolute Gasteiger partial charge is 0.485 e. The summed E-state index contributed by atoms with van der Waals surface area (Å²) in [5.74, 6) is 0.526. The first-order valence-corrected chi connectivity index (χ1v) is 10.9. The minimum atomic E-state index is -4.56. The Labute approximate surface area is 192 Å². The Morgan fingerprint density at radius 1 is 1.22 bits per heavy atom. The first-order valence-electron chi connectivity index (χ1n) is 9.59. The van der Waals surface area contributed by atoms with Crippen LogP contribution >= 0.6 is 23.4 Å². The molecule has 170 valence electrons. The highest BCUT2D eigenvalue weighted by Crippen LogP contribution is 2.34. The Morgan fingerprint density at radius 2 is 1.97 bits per heavy atom. The molecular formula is C21H20ClF3N4O2S. The smallest absolute Gasteiger partial charge is 0.418 e. The van der Waals surface area contributed by atoms with E-state index in [1.54, 1.807) is 22.8 Å². The molecule has 0 radical (unpaired) electrons. The predicted octanol–water partition coefficient (Wildman–Crippen LogP) is 5.59. The van der Waals surface area contributed by atoms with Gasteiger partial charge in [0.05, 0.1) is 17.0 Å². The molecule has 0 atom stereocenters. The van der Waals surface area contributed by atoms with Crippen LogP contribution in [-0.4, -0.2) is 26.4 Å². The van der Waals surface area contributed by atoms with E-state index in [4.69, 9.17) is 16.3 Å². The van der Waals surface area contributed by atoms with Gasteiger partial charge < -0.3 is 14.6 Å². The number of benzene rings is 2. The van der Waals surface area contributed by atoms with Crippen molar-refractivity contribution in [1.82, 2.24) is 14.8 Å². The number of ether oxygens (including phenoxy) is 1. The summed E-state index contributed by atoms with van der Waals surface area (Å²) in [5, 5.41) is 11.6. The molecule has 0 saturated carbocycles. The quantitative estimate of drug-likeness (QED) is 0.422. The zero-order valence-corrected chi connectivity index (χ0v) is 18.8. The number of carbonyl (C=O) groups excluding carboxylic acids is 1. The number of aromatic nitrogens is 3. The highest BCUT2D eigenvalue weighted by atomic mass is 35.5. The minimum Gasteiger partial charge on any atom is -0.485 e. The predicted molar refractivity (Wildman–Crippen MR) is 117 cm³/mol. The number of hydrogen-bond acceptors (Lipinski definition) is 5. The van der Waals surface area contributed by atoms with Gasteiger partial charge in [0.1, 0.15) is 12.4 Å². The summed E-state index contributed by atoms with van der Waals surface area (Å²) < 4.78 is 46.9. The third-order valence-electron chi connectivity index (χ3n) is 4.44. The Bertz CT molecular complexity index is 1100. The van der Waals surface area contributed by atoms with E-state index in [-0.39, 0.29) is 18.0 Å². The van der Waals surface area contributed by atoms with Gasteiger partial charge in [0.25, 0.3) is 0 Å². The van der Waals surface area contributed by atoms with Crippen LogP contribution in [0.1, 0.15) is 23.9 Å². The van der Waals surface area contributed by atoms with Crippen molar-refractivity contribution in [2.24, 2.45) is 0 Å². The number of halogens is 4. The number of hydrogen-bond donors (Lipinski definition) is 1. The van der Waals surface area contributed by atoms with Crippen molar-refractivity contribution in [1.29, 1.82) is 0 Å². The third kappa shape index (κ3) is 5.95. The second-order valence-electron chi connectivity index (χ2n) is 6.72. The van der Waals surface area contributed by atoms with Crippen LogP contribution < -0.4 is 10.1 Å². The normalized spacial score (nSPS) is 11.4. The molecule has 0 spiro atoms. The van der Waals surface area contributed by atoms with Crippen LogP contribution in [0.4, 0.5) is 18.9 Å². The molecule has 0 fully saturated rings. The van der Waals surface area contributed by atoms with Gasteiger partial charge in [-0.15, -0.1) is 10.2 Å². The standard InChI is InChI=1S/C21H20ClF3N4O2S/c1-3-29-18(11-31-17-9-8-14(22)10-13(17)2)27-28-20(29)32-12-19(30)26-16-7-5-4-6-15(16)21(23,24)25/h4-10H,3,11-12H2,1-2H3,(H,26,30). The fraction of sp³-hybridized carbons (Fsp3) is 0.286. The first kappa shape index (κ1) is 23.9. The van der Waals surface area contributed by atoms with E-state index in [2.05, 4.69) is 15.5 Å². The van der Waals surface area contributed by atoms with Gasteiger partial charge in [0.15, 0.2) is 11.0 Å². The highest BCUT2D eigenvalue weighted by Gasteiger charge is 2.33. The van der Waals surface area contributed by atoms with E-state index in [0.29, 0.717) is 28.3 Å². The highest BCUT2D eigenvalue weighted by molar-refractivity contribution is 7.99. The maximum atomic E-state index is 13.1. The van der Waals surface area contributed by atoms with Crippen molar-refractivity contribution in [2.45, 2.75) is 38.3 Å². The van der Waals surface area contributed by atoms with Gasteiger partial charge in [0.2, 0.25) is 5.91 Å². The fourth-order valence-corrected chi connectivity index (χ4v) is 3.97. The molecule has 32 heavy (non-hydrogen) atoms. The number of alkyl halides is 3. The van der Waals surface area contributed by atoms with Crippen LogP contribution in [-0.2, 0) is 24.1 Å². The molecule has 1 heterocycles. The number of anilines is 1. The molecule has 1 amide bonds. The van der Waals surface area contributed by atoms with Gasteiger partial charge in [-0.05, 0) is 49.7 Å². The van der Waals surface area contributed by atoms with Gasteiger partial charge in [0, 0.05) is 11.6 Å². The number of thioether (sulfide) groups is 1. The summed E-state index contributed by atoms with van der Waals surface area (Å²) in [6, 6.07) is 10.1. The molecule has 0 unspecified atom stereocenters. The van der Waals surface area contributed by atoms with Crippen molar-refractivity contribution < 1.29 is 22.7 Å². The average molecular weight is 485 g/mol. The average Bonchev–Trinajstić information content (AvgIpc) is 3.13. The molecule has 1 N–H and O–H groups in total. The van der Waals surface area contributed by atoms with Crippen molar-refractivity contribution in [3.05, 3.63) is 64.4 Å². The van der Waals surface area contributed by atoms with E-state index < -0.39 is 17.6 Å². The van der Waals surface area contributed by atoms with E-state index >= 15 is 0 Å². The summed E-state index contributed by atoms with van der Waals surface area (Å²) in [4.78, 5) is 12.3. The number of carbonyl (C=O) groups is 1. The summed E-state index contributed by atoms with van der Waals surface area (Å²) in [6.07, 6.45) is -4.56. The van der Waals surface area contributed by atoms with Crippen molar-refractivity contribution in [2.75, 3.05) is 11.1 Å². The summed E-state index contributed by atoms with van der Waals surface area (Å²) in [5.41, 5.74) is -0.299. The SMILES string of the molecule is CCn1c(COc2ccc(Cl)cc2C)nnc1SCC(=O)Nc1ccccc1C(F)(F)F. The molecule has 6 nitrogen and oxygen atoms in total. The van der Waals surface area contributed by atoms with E-state index in [1.807, 2.05) is 13.8 Å². The number of aryl methyl sites for hydroxylation is 1. The summed E-state index contributed by atoms with van der Waals surface area (Å²) in [6.45, 7) is 4.47. The van der Waals surface area contributed by atoms with Crippen LogP contribution in [0, 0.1) is 6.92 Å². The molecule has 0 aliphatic heterocycles. The maximum absolute atomic E-state index is 13.1. The molecule has 0 saturated heterocycles. The lowest BCUT2D eigenvalue weighted by molar-refractivity contribution is -0.137. The van der Waals surface area contributed by atoms with E-state index in [0.717, 1.165) is 23.4 Å². The van der Waals surface area contributed by atoms with Crippen LogP contribution in [0.25, 0.3) is 0 Å². The van der Waals surface area contributed by atoms with Crippen molar-refractivity contribution in [3.8, 4) is 5.75 Å². The Morgan fingerprint density at radius 3 is 2.66 bits per heavy atom. The molecule has 3 rings (SSSR count). The number of para-hydroxylation sites is 1. The molecule has 2 aromatic carbocycles. The summed E-state index contributed by atoms with van der Waals surface area (Å²) in [7, 11) is 0. The molecular weight excluding hydrogens is 465 g/mol. The van der Waals surface area contributed by atoms with Gasteiger partial charge in [-0.3, -0.25) is 4.79 Å². The molecule has 0 aliphatic carbocycles. The molecule has 0 bridgehead atoms. The van der Waals surface area contributed by atoms with Gasteiger partial charge >= 0.3 is 6.18 Å². The molecule has 3 aromatic rings.